The van der Waals surface area contributed by atoms with Crippen LogP contribution in [0.4, 0.5) is 10.2 Å². The number of piperidine rings is 1. The van der Waals surface area contributed by atoms with Gasteiger partial charge in [-0.25, -0.2) is 14.4 Å². The van der Waals surface area contributed by atoms with E-state index in [1.54, 1.807) is 6.07 Å². The number of carbonyl (C=O) groups excluding carboxylic acids is 1. The van der Waals surface area contributed by atoms with Crippen LogP contribution in [0.2, 0.25) is 0 Å². The van der Waals surface area contributed by atoms with Gasteiger partial charge in [0.25, 0.3) is 0 Å². The largest absolute Gasteiger partial charge is 0.369 e. The van der Waals surface area contributed by atoms with Gasteiger partial charge in [-0.3, -0.25) is 9.69 Å². The highest BCUT2D eigenvalue weighted by Crippen LogP contribution is 2.23. The molecule has 7 heteroatoms. The number of halogens is 1. The van der Waals surface area contributed by atoms with Crippen LogP contribution < -0.4 is 11.1 Å². The number of anilines is 1. The molecule has 22 heavy (non-hydrogen) atoms. The smallest absolute Gasteiger partial charge is 0.231 e. The third kappa shape index (κ3) is 3.30. The highest BCUT2D eigenvalue weighted by atomic mass is 19.1. The maximum atomic E-state index is 13.4. The van der Waals surface area contributed by atoms with Crippen LogP contribution in [-0.4, -0.2) is 46.5 Å². The van der Waals surface area contributed by atoms with Crippen LogP contribution in [-0.2, 0) is 4.79 Å². The van der Waals surface area contributed by atoms with E-state index in [-0.39, 0.29) is 17.8 Å². The summed E-state index contributed by atoms with van der Waals surface area (Å²) in [5, 5.41) is 4.05. The summed E-state index contributed by atoms with van der Waals surface area (Å²) in [7, 11) is 0. The van der Waals surface area contributed by atoms with Crippen molar-refractivity contribution in [2.45, 2.75) is 18.9 Å². The molecule has 0 bridgehead atoms. The van der Waals surface area contributed by atoms with E-state index in [0.29, 0.717) is 23.3 Å². The highest BCUT2D eigenvalue weighted by molar-refractivity contribution is 5.88. The average molecular weight is 303 g/mol. The molecule has 3 rings (SSSR count). The fraction of sp³-hybridized carbons (Fsp3) is 0.400. The van der Waals surface area contributed by atoms with Gasteiger partial charge >= 0.3 is 0 Å². The Labute approximate surface area is 127 Å². The minimum absolute atomic E-state index is 0.241. The van der Waals surface area contributed by atoms with Gasteiger partial charge in [0.05, 0.1) is 12.1 Å². The number of nitrogens with two attached hydrogens (primary N) is 1. The maximum Gasteiger partial charge on any atom is 0.231 e. The molecule has 1 aliphatic heterocycles. The van der Waals surface area contributed by atoms with Crippen molar-refractivity contribution >= 4 is 22.6 Å². The molecule has 1 aromatic heterocycles. The second-order valence-electron chi connectivity index (χ2n) is 5.54. The minimum Gasteiger partial charge on any atom is -0.369 e. The first-order chi connectivity index (χ1) is 10.6. The Hall–Kier alpha value is -2.28. The van der Waals surface area contributed by atoms with Gasteiger partial charge in [0, 0.05) is 24.5 Å². The highest BCUT2D eigenvalue weighted by Gasteiger charge is 2.21. The van der Waals surface area contributed by atoms with Crippen LogP contribution in [0.5, 0.6) is 0 Å². The minimum atomic E-state index is -0.304. The van der Waals surface area contributed by atoms with Crippen molar-refractivity contribution in [2.24, 2.45) is 5.73 Å². The lowest BCUT2D eigenvalue weighted by Crippen LogP contribution is -2.43. The molecule has 0 aliphatic carbocycles. The van der Waals surface area contributed by atoms with Crippen LogP contribution in [0.1, 0.15) is 12.8 Å². The van der Waals surface area contributed by atoms with Crippen LogP contribution in [0.3, 0.4) is 0 Å². The summed E-state index contributed by atoms with van der Waals surface area (Å²) in [6.45, 7) is 1.91. The molecule has 0 radical (unpaired) electrons. The van der Waals surface area contributed by atoms with Crippen molar-refractivity contribution in [3.05, 3.63) is 30.3 Å². The summed E-state index contributed by atoms with van der Waals surface area (Å²) in [6.07, 6.45) is 3.24. The Morgan fingerprint density at radius 2 is 2.14 bits per heavy atom. The molecule has 1 fully saturated rings. The molecule has 0 spiro atoms. The molecule has 0 atom stereocenters. The molecule has 2 aromatic rings. The summed E-state index contributed by atoms with van der Waals surface area (Å²) in [4.78, 5) is 21.3. The number of primary amides is 1. The number of hydrogen-bond acceptors (Lipinski definition) is 5. The van der Waals surface area contributed by atoms with Crippen LogP contribution in [0.15, 0.2) is 24.5 Å². The molecule has 6 nitrogen and oxygen atoms in total. The van der Waals surface area contributed by atoms with Gasteiger partial charge in [-0.1, -0.05) is 0 Å². The van der Waals surface area contributed by atoms with Crippen molar-refractivity contribution in [2.75, 3.05) is 25.0 Å². The number of likely N-dealkylation sites (tertiary alicyclic amines) is 1. The lowest BCUT2D eigenvalue weighted by molar-refractivity contribution is -0.119. The van der Waals surface area contributed by atoms with Gasteiger partial charge in [-0.05, 0) is 31.0 Å². The molecule has 1 amide bonds. The molecule has 1 aromatic carbocycles. The van der Waals surface area contributed by atoms with E-state index in [1.807, 2.05) is 4.90 Å². The first kappa shape index (κ1) is 14.6. The van der Waals surface area contributed by atoms with E-state index in [9.17, 15) is 9.18 Å². The Bertz CT molecular complexity index is 685. The summed E-state index contributed by atoms with van der Waals surface area (Å²) in [6, 6.07) is 4.72. The molecule has 0 saturated carbocycles. The second-order valence-corrected chi connectivity index (χ2v) is 5.54. The summed E-state index contributed by atoms with van der Waals surface area (Å²) < 4.78 is 13.4. The number of hydrogen-bond donors (Lipinski definition) is 2. The second kappa shape index (κ2) is 6.23. The Morgan fingerprint density at radius 1 is 1.36 bits per heavy atom. The molecule has 3 N–H and O–H groups in total. The Balaban J connectivity index is 1.69. The number of aromatic nitrogens is 2. The maximum absolute atomic E-state index is 13.4. The number of fused-ring (bicyclic) bond motifs is 1. The number of nitrogens with zero attached hydrogens (tertiary/aromatic N) is 3. The van der Waals surface area contributed by atoms with E-state index >= 15 is 0 Å². The van der Waals surface area contributed by atoms with E-state index in [1.165, 1.54) is 18.5 Å². The SMILES string of the molecule is NC(=O)CN1CCC(Nc2ncnc3ccc(F)cc23)CC1. The predicted octanol–water partition coefficient (Wildman–Crippen LogP) is 1.13. The van der Waals surface area contributed by atoms with Gasteiger partial charge in [-0.2, -0.15) is 0 Å². The van der Waals surface area contributed by atoms with E-state index in [2.05, 4.69) is 15.3 Å². The zero-order valence-electron chi connectivity index (χ0n) is 12.1. The molecular formula is C15H18FN5O. The van der Waals surface area contributed by atoms with Crippen molar-refractivity contribution < 1.29 is 9.18 Å². The van der Waals surface area contributed by atoms with Crippen molar-refractivity contribution in [3.8, 4) is 0 Å². The summed E-state index contributed by atoms with van der Waals surface area (Å²) in [5.74, 6) is 0.0446. The van der Waals surface area contributed by atoms with Crippen molar-refractivity contribution in [1.29, 1.82) is 0 Å². The van der Waals surface area contributed by atoms with Crippen molar-refractivity contribution in [3.63, 3.8) is 0 Å². The number of amides is 1. The third-order valence-electron chi connectivity index (χ3n) is 3.91. The lowest BCUT2D eigenvalue weighted by atomic mass is 10.0. The van der Waals surface area contributed by atoms with E-state index < -0.39 is 0 Å². The molecule has 116 valence electrons. The number of carbonyl (C=O) groups is 1. The number of nitrogens with one attached hydrogen (secondary N) is 1. The zero-order chi connectivity index (χ0) is 15.5. The summed E-state index contributed by atoms with van der Waals surface area (Å²) >= 11 is 0. The molecule has 2 heterocycles. The first-order valence-corrected chi connectivity index (χ1v) is 7.29. The zero-order valence-corrected chi connectivity index (χ0v) is 12.1. The van der Waals surface area contributed by atoms with Crippen LogP contribution in [0, 0.1) is 5.82 Å². The molecule has 1 aliphatic rings. The standard InChI is InChI=1S/C15H18FN5O/c16-10-1-2-13-12(7-10)15(19-9-18-13)20-11-3-5-21(6-4-11)8-14(17)22/h1-2,7,9,11H,3-6,8H2,(H2,17,22)(H,18,19,20). The average Bonchev–Trinajstić information content (AvgIpc) is 2.49. The van der Waals surface area contributed by atoms with E-state index in [0.717, 1.165) is 25.9 Å². The normalized spacial score (nSPS) is 16.8. The van der Waals surface area contributed by atoms with Gasteiger partial charge in [0.15, 0.2) is 0 Å². The topological polar surface area (TPSA) is 84.1 Å². The Morgan fingerprint density at radius 3 is 2.86 bits per heavy atom. The number of rotatable bonds is 4. The van der Waals surface area contributed by atoms with Gasteiger partial charge in [-0.15, -0.1) is 0 Å². The molecule has 1 saturated heterocycles. The van der Waals surface area contributed by atoms with Gasteiger partial charge in [0.1, 0.15) is 18.0 Å². The third-order valence-corrected chi connectivity index (χ3v) is 3.91. The first-order valence-electron chi connectivity index (χ1n) is 7.29. The summed E-state index contributed by atoms with van der Waals surface area (Å²) in [5.41, 5.74) is 5.92. The quantitative estimate of drug-likeness (QED) is 0.884. The van der Waals surface area contributed by atoms with Crippen molar-refractivity contribution in [1.82, 2.24) is 14.9 Å². The van der Waals surface area contributed by atoms with Gasteiger partial charge in [0.2, 0.25) is 5.91 Å². The van der Waals surface area contributed by atoms with E-state index in [4.69, 9.17) is 5.73 Å². The predicted molar refractivity (Wildman–Crippen MR) is 81.8 cm³/mol. The Kier molecular flexibility index (Phi) is 4.15. The monoisotopic (exact) mass is 303 g/mol. The fourth-order valence-corrected chi connectivity index (χ4v) is 2.79. The van der Waals surface area contributed by atoms with Crippen LogP contribution >= 0.6 is 0 Å². The van der Waals surface area contributed by atoms with Crippen LogP contribution in [0.25, 0.3) is 10.9 Å². The fourth-order valence-electron chi connectivity index (χ4n) is 2.79. The van der Waals surface area contributed by atoms with Gasteiger partial charge < -0.3 is 11.1 Å². The molecule has 0 unspecified atom stereocenters. The molecular weight excluding hydrogens is 285 g/mol. The lowest BCUT2D eigenvalue weighted by Gasteiger charge is -2.31. The number of benzene rings is 1.